The van der Waals surface area contributed by atoms with Gasteiger partial charge in [0.2, 0.25) is 5.91 Å². The van der Waals surface area contributed by atoms with E-state index in [1.165, 1.54) is 5.56 Å². The second kappa shape index (κ2) is 7.84. The third-order valence-electron chi connectivity index (χ3n) is 10.0. The van der Waals surface area contributed by atoms with Gasteiger partial charge in [0.25, 0.3) is 0 Å². The molecule has 186 valence electrons. The van der Waals surface area contributed by atoms with Crippen molar-refractivity contribution in [2.24, 2.45) is 5.92 Å². The van der Waals surface area contributed by atoms with Crippen molar-refractivity contribution in [3.05, 3.63) is 23.3 Å². The van der Waals surface area contributed by atoms with Gasteiger partial charge in [-0.2, -0.15) is 0 Å². The predicted molar refractivity (Wildman–Crippen MR) is 129 cm³/mol. The molecule has 1 amide bonds. The van der Waals surface area contributed by atoms with Crippen LogP contribution in [0.3, 0.4) is 0 Å². The molecule has 0 aromatic heterocycles. The molecule has 1 aromatic rings. The Hall–Kier alpha value is -1.83. The number of likely N-dealkylation sites (tertiary alicyclic amines) is 2. The molecule has 1 spiro atoms. The fraction of sp³-hybridized carbons (Fsp3) is 0.741. The molecular formula is C27H39N3O4. The molecule has 2 N–H and O–H groups in total. The minimum absolute atomic E-state index is 0.0243. The van der Waals surface area contributed by atoms with E-state index in [0.29, 0.717) is 5.75 Å². The summed E-state index contributed by atoms with van der Waals surface area (Å²) in [7, 11) is 2.13. The normalized spacial score (nSPS) is 38.8. The maximum atomic E-state index is 13.2. The fourth-order valence-electron chi connectivity index (χ4n) is 8.40. The van der Waals surface area contributed by atoms with Crippen molar-refractivity contribution in [1.29, 1.82) is 0 Å². The standard InChI is InChI=1S/C27H39N3O4/c1-4-29(5-2)25(32)18-7-6-13-30(16-18)19-10-11-27(33)21-15-17-8-9-20(31)23-22(17)26(27,24(19)34-23)12-14-28(21)3/h8-9,18-19,21,24,31,33H,4-7,10-16H2,1-3H3/t18?,19-,21+,24+,26+,27-/m1/s1. The van der Waals surface area contributed by atoms with Gasteiger partial charge in [-0.3, -0.25) is 9.69 Å². The summed E-state index contributed by atoms with van der Waals surface area (Å²) >= 11 is 0. The largest absolute Gasteiger partial charge is 0.504 e. The fourth-order valence-corrected chi connectivity index (χ4v) is 8.40. The molecule has 7 nitrogen and oxygen atoms in total. The molecule has 1 saturated carbocycles. The van der Waals surface area contributed by atoms with Crippen LogP contribution in [0.5, 0.6) is 11.5 Å². The number of piperidine rings is 2. The van der Waals surface area contributed by atoms with Crippen LogP contribution >= 0.6 is 0 Å². The smallest absolute Gasteiger partial charge is 0.226 e. The Morgan fingerprint density at radius 1 is 1.21 bits per heavy atom. The van der Waals surface area contributed by atoms with Gasteiger partial charge < -0.3 is 24.7 Å². The van der Waals surface area contributed by atoms with Crippen molar-refractivity contribution in [2.45, 2.75) is 81.6 Å². The van der Waals surface area contributed by atoms with Crippen LogP contribution in [0.25, 0.3) is 0 Å². The molecule has 3 fully saturated rings. The number of likely N-dealkylation sites (N-methyl/N-ethyl adjacent to an activating group) is 1. The lowest BCUT2D eigenvalue weighted by Gasteiger charge is -2.64. The number of benzene rings is 1. The number of aromatic hydroxyl groups is 1. The molecule has 2 saturated heterocycles. The van der Waals surface area contributed by atoms with Crippen molar-refractivity contribution < 1.29 is 19.7 Å². The number of nitrogens with zero attached hydrogens (tertiary/aromatic N) is 3. The first-order valence-electron chi connectivity index (χ1n) is 13.3. The lowest BCUT2D eigenvalue weighted by Crippen LogP contribution is -2.78. The lowest BCUT2D eigenvalue weighted by molar-refractivity contribution is -0.198. The number of phenolic OH excluding ortho intramolecular Hbond substituents is 1. The van der Waals surface area contributed by atoms with Crippen molar-refractivity contribution >= 4 is 5.91 Å². The SMILES string of the molecule is CCN(CC)C(=O)C1CCCN([C@@H]2CC[C@@]3(O)[C@@H]4Cc5ccc(O)c6c5[C@@]3(CCN4C)[C@H]2O6)C1. The predicted octanol–water partition coefficient (Wildman–Crippen LogP) is 2.13. The molecule has 3 heterocycles. The minimum atomic E-state index is -0.862. The number of ether oxygens (including phenoxy) is 1. The lowest BCUT2D eigenvalue weighted by atomic mass is 9.48. The zero-order valence-electron chi connectivity index (χ0n) is 20.8. The zero-order chi connectivity index (χ0) is 23.8. The van der Waals surface area contributed by atoms with E-state index in [1.54, 1.807) is 6.07 Å². The van der Waals surface area contributed by atoms with Crippen LogP contribution in [-0.4, -0.2) is 94.4 Å². The van der Waals surface area contributed by atoms with E-state index >= 15 is 0 Å². The van der Waals surface area contributed by atoms with E-state index < -0.39 is 11.0 Å². The van der Waals surface area contributed by atoms with Crippen molar-refractivity contribution in [3.8, 4) is 11.5 Å². The Kier molecular flexibility index (Phi) is 5.21. The Balaban J connectivity index is 1.38. The zero-order valence-corrected chi connectivity index (χ0v) is 20.8. The first-order chi connectivity index (χ1) is 16.4. The third-order valence-corrected chi connectivity index (χ3v) is 10.0. The molecular weight excluding hydrogens is 430 g/mol. The Morgan fingerprint density at radius 2 is 2.00 bits per heavy atom. The van der Waals surface area contributed by atoms with Gasteiger partial charge in [0, 0.05) is 37.3 Å². The molecule has 0 radical (unpaired) electrons. The van der Waals surface area contributed by atoms with Gasteiger partial charge in [-0.05, 0) is 84.1 Å². The highest BCUT2D eigenvalue weighted by Gasteiger charge is 2.73. The van der Waals surface area contributed by atoms with Gasteiger partial charge in [0.05, 0.1) is 16.9 Å². The van der Waals surface area contributed by atoms with E-state index in [2.05, 4.69) is 30.7 Å². The van der Waals surface area contributed by atoms with E-state index in [1.807, 2.05) is 11.0 Å². The molecule has 2 bridgehead atoms. The summed E-state index contributed by atoms with van der Waals surface area (Å²) in [5.74, 6) is 1.09. The Labute approximate surface area is 202 Å². The summed E-state index contributed by atoms with van der Waals surface area (Å²) < 4.78 is 6.70. The van der Waals surface area contributed by atoms with Gasteiger partial charge in [0.15, 0.2) is 11.5 Å². The molecule has 6 rings (SSSR count). The summed E-state index contributed by atoms with van der Waals surface area (Å²) in [5.41, 5.74) is 0.927. The average Bonchev–Trinajstić information content (AvgIpc) is 3.19. The monoisotopic (exact) mass is 469 g/mol. The van der Waals surface area contributed by atoms with Crippen molar-refractivity contribution in [2.75, 3.05) is 39.8 Å². The second-order valence-corrected chi connectivity index (χ2v) is 11.3. The number of carbonyl (C=O) groups excluding carboxylic acids is 1. The van der Waals surface area contributed by atoms with Crippen LogP contribution in [0.1, 0.15) is 57.1 Å². The molecule has 34 heavy (non-hydrogen) atoms. The first kappa shape index (κ1) is 22.6. The quantitative estimate of drug-likeness (QED) is 0.704. The maximum Gasteiger partial charge on any atom is 0.226 e. The molecule has 5 aliphatic rings. The van der Waals surface area contributed by atoms with Crippen molar-refractivity contribution in [1.82, 2.24) is 14.7 Å². The number of hydrogen-bond donors (Lipinski definition) is 2. The minimum Gasteiger partial charge on any atom is -0.504 e. The van der Waals surface area contributed by atoms with Crippen LogP contribution in [-0.2, 0) is 16.6 Å². The van der Waals surface area contributed by atoms with E-state index in [9.17, 15) is 15.0 Å². The van der Waals surface area contributed by atoms with E-state index in [4.69, 9.17) is 4.74 Å². The Morgan fingerprint density at radius 3 is 2.76 bits per heavy atom. The second-order valence-electron chi connectivity index (χ2n) is 11.3. The number of rotatable bonds is 4. The van der Waals surface area contributed by atoms with Crippen LogP contribution in [0.2, 0.25) is 0 Å². The Bertz CT molecular complexity index is 996. The van der Waals surface area contributed by atoms with Crippen LogP contribution in [0.15, 0.2) is 12.1 Å². The highest BCUT2D eigenvalue weighted by molar-refractivity contribution is 5.79. The third kappa shape index (κ3) is 2.78. The van der Waals surface area contributed by atoms with Crippen LogP contribution < -0.4 is 4.74 Å². The van der Waals surface area contributed by atoms with E-state index in [-0.39, 0.29) is 35.8 Å². The first-order valence-corrected chi connectivity index (χ1v) is 13.3. The molecule has 7 heteroatoms. The summed E-state index contributed by atoms with van der Waals surface area (Å²) in [4.78, 5) is 20.0. The summed E-state index contributed by atoms with van der Waals surface area (Å²) in [5, 5.41) is 23.2. The number of carbonyl (C=O) groups is 1. The van der Waals surface area contributed by atoms with Crippen LogP contribution in [0, 0.1) is 5.92 Å². The van der Waals surface area contributed by atoms with E-state index in [0.717, 1.165) is 76.8 Å². The number of aliphatic hydroxyl groups is 1. The highest BCUT2D eigenvalue weighted by atomic mass is 16.5. The summed E-state index contributed by atoms with van der Waals surface area (Å²) in [6.45, 7) is 8.24. The molecule has 1 aromatic carbocycles. The number of phenols is 1. The molecule has 2 aliphatic carbocycles. The van der Waals surface area contributed by atoms with Crippen LogP contribution in [0.4, 0.5) is 0 Å². The molecule has 6 atom stereocenters. The number of hydrogen-bond acceptors (Lipinski definition) is 6. The maximum absolute atomic E-state index is 13.2. The van der Waals surface area contributed by atoms with Gasteiger partial charge in [0.1, 0.15) is 6.10 Å². The average molecular weight is 470 g/mol. The topological polar surface area (TPSA) is 76.5 Å². The number of amides is 1. The van der Waals surface area contributed by atoms with Gasteiger partial charge >= 0.3 is 0 Å². The van der Waals surface area contributed by atoms with Gasteiger partial charge in [-0.25, -0.2) is 0 Å². The molecule has 1 unspecified atom stereocenters. The van der Waals surface area contributed by atoms with Gasteiger partial charge in [-0.15, -0.1) is 0 Å². The molecule has 3 aliphatic heterocycles. The summed E-state index contributed by atoms with van der Waals surface area (Å²) in [6, 6.07) is 4.00. The summed E-state index contributed by atoms with van der Waals surface area (Å²) in [6.07, 6.45) is 4.95. The van der Waals surface area contributed by atoms with Crippen molar-refractivity contribution in [3.63, 3.8) is 0 Å². The van der Waals surface area contributed by atoms with Gasteiger partial charge in [-0.1, -0.05) is 6.07 Å². The highest BCUT2D eigenvalue weighted by Crippen LogP contribution is 2.65.